The second-order valence-electron chi connectivity index (χ2n) is 5.57. The monoisotopic (exact) mass is 353 g/mol. The minimum atomic E-state index is -0.0136. The Bertz CT molecular complexity index is 845. The van der Waals surface area contributed by atoms with Crippen molar-refractivity contribution < 1.29 is 9.53 Å². The summed E-state index contributed by atoms with van der Waals surface area (Å²) in [6.45, 7) is 2.43. The van der Waals surface area contributed by atoms with Gasteiger partial charge in [-0.05, 0) is 36.8 Å². The van der Waals surface area contributed by atoms with Crippen molar-refractivity contribution in [3.63, 3.8) is 0 Å². The first kappa shape index (κ1) is 17.1. The molecular formula is C19H19N3O2S. The van der Waals surface area contributed by atoms with Crippen LogP contribution in [0.15, 0.2) is 48.8 Å². The van der Waals surface area contributed by atoms with E-state index in [2.05, 4.69) is 15.3 Å². The van der Waals surface area contributed by atoms with E-state index in [1.54, 1.807) is 19.5 Å². The van der Waals surface area contributed by atoms with Gasteiger partial charge in [0, 0.05) is 29.4 Å². The molecule has 0 aliphatic heterocycles. The van der Waals surface area contributed by atoms with Gasteiger partial charge in [0.15, 0.2) is 0 Å². The molecule has 0 aliphatic carbocycles. The fraction of sp³-hybridized carbons (Fsp3) is 0.211. The lowest BCUT2D eigenvalue weighted by Crippen LogP contribution is -2.24. The number of thiazole rings is 1. The van der Waals surface area contributed by atoms with Gasteiger partial charge in [-0.25, -0.2) is 4.98 Å². The lowest BCUT2D eigenvalue weighted by molar-refractivity contribution is -0.120. The molecule has 1 aromatic carbocycles. The van der Waals surface area contributed by atoms with E-state index >= 15 is 0 Å². The van der Waals surface area contributed by atoms with Gasteiger partial charge in [0.25, 0.3) is 0 Å². The minimum Gasteiger partial charge on any atom is -0.497 e. The van der Waals surface area contributed by atoms with Gasteiger partial charge in [0.1, 0.15) is 10.8 Å². The van der Waals surface area contributed by atoms with Gasteiger partial charge in [0.2, 0.25) is 5.91 Å². The number of rotatable bonds is 6. The predicted octanol–water partition coefficient (Wildman–Crippen LogP) is 3.38. The maximum atomic E-state index is 12.2. The molecule has 2 heterocycles. The highest BCUT2D eigenvalue weighted by Gasteiger charge is 2.13. The molecule has 3 aromatic rings. The van der Waals surface area contributed by atoms with Crippen molar-refractivity contribution in [2.75, 3.05) is 7.11 Å². The van der Waals surface area contributed by atoms with Crippen LogP contribution < -0.4 is 10.1 Å². The number of pyridine rings is 1. The summed E-state index contributed by atoms with van der Waals surface area (Å²) in [5, 5.41) is 3.84. The Hall–Kier alpha value is -2.73. The standard InChI is InChI=1S/C19H19N3O2S/c1-13-17(25-19(22-13)15-4-3-9-20-12-15)10-18(23)21-11-14-5-7-16(24-2)8-6-14/h3-9,12H,10-11H2,1-2H3,(H,21,23). The zero-order valence-corrected chi connectivity index (χ0v) is 15.0. The number of amides is 1. The quantitative estimate of drug-likeness (QED) is 0.738. The molecule has 1 amide bonds. The third kappa shape index (κ3) is 4.42. The molecule has 1 N–H and O–H groups in total. The van der Waals surface area contributed by atoms with E-state index in [-0.39, 0.29) is 5.91 Å². The van der Waals surface area contributed by atoms with Crippen molar-refractivity contribution in [3.05, 3.63) is 64.9 Å². The summed E-state index contributed by atoms with van der Waals surface area (Å²) in [6, 6.07) is 11.5. The Labute approximate surface area is 150 Å². The van der Waals surface area contributed by atoms with Crippen molar-refractivity contribution in [3.8, 4) is 16.3 Å². The van der Waals surface area contributed by atoms with Crippen LogP contribution in [0.2, 0.25) is 0 Å². The Morgan fingerprint density at radius 3 is 2.72 bits per heavy atom. The van der Waals surface area contributed by atoms with Crippen LogP contribution in [0.3, 0.4) is 0 Å². The smallest absolute Gasteiger partial charge is 0.225 e. The molecule has 128 valence electrons. The lowest BCUT2D eigenvalue weighted by atomic mass is 10.2. The number of carbonyl (C=O) groups excluding carboxylic acids is 1. The van der Waals surface area contributed by atoms with Gasteiger partial charge in [0.05, 0.1) is 19.2 Å². The second kappa shape index (κ2) is 7.90. The van der Waals surface area contributed by atoms with Gasteiger partial charge < -0.3 is 10.1 Å². The number of methoxy groups -OCH3 is 1. The molecule has 0 radical (unpaired) electrons. The fourth-order valence-corrected chi connectivity index (χ4v) is 3.41. The van der Waals surface area contributed by atoms with Crippen LogP contribution in [0.4, 0.5) is 0 Å². The normalized spacial score (nSPS) is 10.5. The number of nitrogens with zero attached hydrogens (tertiary/aromatic N) is 2. The summed E-state index contributed by atoms with van der Waals surface area (Å²) in [7, 11) is 1.63. The fourth-order valence-electron chi connectivity index (χ4n) is 2.36. The zero-order chi connectivity index (χ0) is 17.6. The van der Waals surface area contributed by atoms with Crippen molar-refractivity contribution >= 4 is 17.2 Å². The van der Waals surface area contributed by atoms with Gasteiger partial charge >= 0.3 is 0 Å². The molecule has 0 spiro atoms. The first-order valence-corrected chi connectivity index (χ1v) is 8.73. The highest BCUT2D eigenvalue weighted by molar-refractivity contribution is 7.15. The molecule has 0 saturated heterocycles. The number of carbonyl (C=O) groups is 1. The number of aryl methyl sites for hydroxylation is 1. The summed E-state index contributed by atoms with van der Waals surface area (Å²) < 4.78 is 5.13. The number of nitrogens with one attached hydrogen (secondary N) is 1. The highest BCUT2D eigenvalue weighted by atomic mass is 32.1. The zero-order valence-electron chi connectivity index (χ0n) is 14.2. The first-order chi connectivity index (χ1) is 12.2. The third-order valence-electron chi connectivity index (χ3n) is 3.77. The Morgan fingerprint density at radius 2 is 2.04 bits per heavy atom. The number of hydrogen-bond acceptors (Lipinski definition) is 5. The first-order valence-electron chi connectivity index (χ1n) is 7.92. The summed E-state index contributed by atoms with van der Waals surface area (Å²) in [5.74, 6) is 0.790. The van der Waals surface area contributed by atoms with E-state index in [1.807, 2.05) is 43.3 Å². The van der Waals surface area contributed by atoms with Crippen molar-refractivity contribution in [2.24, 2.45) is 0 Å². The summed E-state index contributed by atoms with van der Waals surface area (Å²) in [6.07, 6.45) is 3.85. The minimum absolute atomic E-state index is 0.0136. The molecule has 0 aliphatic rings. The molecule has 0 unspecified atom stereocenters. The topological polar surface area (TPSA) is 64.1 Å². The van der Waals surface area contributed by atoms with Crippen molar-refractivity contribution in [1.29, 1.82) is 0 Å². The summed E-state index contributed by atoms with van der Waals surface area (Å²) >= 11 is 1.54. The van der Waals surface area contributed by atoms with Crippen LogP contribution in [-0.2, 0) is 17.8 Å². The van der Waals surface area contributed by atoms with E-state index in [9.17, 15) is 4.79 Å². The van der Waals surface area contributed by atoms with Crippen LogP contribution >= 0.6 is 11.3 Å². The summed E-state index contributed by atoms with van der Waals surface area (Å²) in [4.78, 5) is 21.9. The molecule has 3 rings (SSSR count). The predicted molar refractivity (Wildman–Crippen MR) is 98.6 cm³/mol. The Kier molecular flexibility index (Phi) is 5.40. The van der Waals surface area contributed by atoms with Crippen LogP contribution in [0.1, 0.15) is 16.1 Å². The van der Waals surface area contributed by atoms with Crippen LogP contribution in [0.5, 0.6) is 5.75 Å². The molecule has 25 heavy (non-hydrogen) atoms. The molecule has 0 atom stereocenters. The number of ether oxygens (including phenoxy) is 1. The van der Waals surface area contributed by atoms with Crippen LogP contribution in [0.25, 0.3) is 10.6 Å². The SMILES string of the molecule is COc1ccc(CNC(=O)Cc2sc(-c3cccnc3)nc2C)cc1. The third-order valence-corrected chi connectivity index (χ3v) is 4.98. The second-order valence-corrected chi connectivity index (χ2v) is 6.65. The van der Waals surface area contributed by atoms with Gasteiger partial charge in [-0.3, -0.25) is 9.78 Å². The molecule has 5 nitrogen and oxygen atoms in total. The lowest BCUT2D eigenvalue weighted by Gasteiger charge is -2.06. The number of hydrogen-bond donors (Lipinski definition) is 1. The van der Waals surface area contributed by atoms with E-state index in [1.165, 1.54) is 11.3 Å². The summed E-state index contributed by atoms with van der Waals surface area (Å²) in [5.41, 5.74) is 2.90. The molecule has 2 aromatic heterocycles. The van der Waals surface area contributed by atoms with E-state index in [4.69, 9.17) is 4.74 Å². The van der Waals surface area contributed by atoms with Crippen LogP contribution in [0, 0.1) is 6.92 Å². The Balaban J connectivity index is 1.60. The largest absolute Gasteiger partial charge is 0.497 e. The van der Waals surface area contributed by atoms with Crippen molar-refractivity contribution in [1.82, 2.24) is 15.3 Å². The van der Waals surface area contributed by atoms with Gasteiger partial charge in [-0.2, -0.15) is 0 Å². The number of benzene rings is 1. The van der Waals surface area contributed by atoms with E-state index < -0.39 is 0 Å². The highest BCUT2D eigenvalue weighted by Crippen LogP contribution is 2.27. The van der Waals surface area contributed by atoms with E-state index in [0.29, 0.717) is 13.0 Å². The van der Waals surface area contributed by atoms with Crippen LogP contribution in [-0.4, -0.2) is 23.0 Å². The van der Waals surface area contributed by atoms with E-state index in [0.717, 1.165) is 32.5 Å². The van der Waals surface area contributed by atoms with Crippen molar-refractivity contribution in [2.45, 2.75) is 19.9 Å². The maximum Gasteiger partial charge on any atom is 0.225 e. The molecule has 0 bridgehead atoms. The van der Waals surface area contributed by atoms with Gasteiger partial charge in [-0.15, -0.1) is 11.3 Å². The molecule has 0 saturated carbocycles. The number of aromatic nitrogens is 2. The van der Waals surface area contributed by atoms with Gasteiger partial charge in [-0.1, -0.05) is 12.1 Å². The average molecular weight is 353 g/mol. The molecule has 6 heteroatoms. The Morgan fingerprint density at radius 1 is 1.24 bits per heavy atom. The maximum absolute atomic E-state index is 12.2. The molecular weight excluding hydrogens is 334 g/mol. The molecule has 0 fully saturated rings. The average Bonchev–Trinajstić information content (AvgIpc) is 3.01.